The number of benzene rings is 1. The second kappa shape index (κ2) is 7.42. The third-order valence-electron chi connectivity index (χ3n) is 2.54. The van der Waals surface area contributed by atoms with Gasteiger partial charge in [0.15, 0.2) is 0 Å². The summed E-state index contributed by atoms with van der Waals surface area (Å²) in [6.07, 6.45) is -5.40. The summed E-state index contributed by atoms with van der Waals surface area (Å²) in [6.45, 7) is 1.54. The van der Waals surface area contributed by atoms with Gasteiger partial charge in [0.25, 0.3) is 0 Å². The van der Waals surface area contributed by atoms with Gasteiger partial charge in [-0.15, -0.1) is 0 Å². The summed E-state index contributed by atoms with van der Waals surface area (Å²) in [4.78, 5) is 11.5. The van der Waals surface area contributed by atoms with Crippen molar-refractivity contribution in [2.75, 3.05) is 12.4 Å². The van der Waals surface area contributed by atoms with E-state index in [1.165, 1.54) is 19.1 Å². The van der Waals surface area contributed by atoms with E-state index in [0.717, 1.165) is 0 Å². The van der Waals surface area contributed by atoms with Crippen molar-refractivity contribution in [3.63, 3.8) is 0 Å². The van der Waals surface area contributed by atoms with Crippen LogP contribution in [0.1, 0.15) is 13.3 Å². The van der Waals surface area contributed by atoms with Crippen molar-refractivity contribution >= 4 is 16.8 Å². The first-order valence-electron chi connectivity index (χ1n) is 6.00. The van der Waals surface area contributed by atoms with E-state index in [1.54, 1.807) is 18.2 Å². The summed E-state index contributed by atoms with van der Waals surface area (Å²) in [7, 11) is -1.81. The maximum absolute atomic E-state index is 12.9. The molecular formula is C13H15F3O3S. The molecule has 0 N–H and O–H groups in total. The molecule has 1 aromatic carbocycles. The molecule has 0 saturated heterocycles. The Kier molecular flexibility index (Phi) is 6.19. The molecule has 112 valence electrons. The number of hydrogen-bond donors (Lipinski definition) is 0. The fourth-order valence-electron chi connectivity index (χ4n) is 1.54. The summed E-state index contributed by atoms with van der Waals surface area (Å²) >= 11 is 0. The van der Waals surface area contributed by atoms with Crippen molar-refractivity contribution < 1.29 is 26.9 Å². The number of ether oxygens (including phenoxy) is 1. The Labute approximate surface area is 117 Å². The van der Waals surface area contributed by atoms with Crippen molar-refractivity contribution in [3.8, 4) is 0 Å². The number of hydrogen-bond acceptors (Lipinski definition) is 3. The van der Waals surface area contributed by atoms with Crippen molar-refractivity contribution in [1.29, 1.82) is 0 Å². The minimum absolute atomic E-state index is 0.0190. The summed E-state index contributed by atoms with van der Waals surface area (Å²) in [5.74, 6) is -3.55. The Morgan fingerprint density at radius 2 is 1.90 bits per heavy atom. The molecule has 0 fully saturated rings. The molecule has 2 unspecified atom stereocenters. The molecule has 0 bridgehead atoms. The van der Waals surface area contributed by atoms with Crippen LogP contribution in [-0.4, -0.2) is 28.7 Å². The number of rotatable bonds is 6. The van der Waals surface area contributed by atoms with E-state index in [1.807, 2.05) is 0 Å². The van der Waals surface area contributed by atoms with Crippen LogP contribution in [0.5, 0.6) is 0 Å². The standard InChI is InChI=1S/C13H15F3O3S/c1-2-19-12(17)8-10(13(14,15)16)9-20(18)11-6-4-3-5-7-11/h3-7,10H,2,8-9H2,1H3. The third-order valence-corrected chi connectivity index (χ3v) is 4.04. The molecule has 2 atom stereocenters. The summed E-state index contributed by atoms with van der Waals surface area (Å²) in [5, 5.41) is 0. The second-order valence-corrected chi connectivity index (χ2v) is 5.57. The molecule has 0 amide bonds. The van der Waals surface area contributed by atoms with Crippen LogP contribution in [0, 0.1) is 5.92 Å². The number of carbonyl (C=O) groups excluding carboxylic acids is 1. The van der Waals surface area contributed by atoms with Gasteiger partial charge in [-0.3, -0.25) is 9.00 Å². The lowest BCUT2D eigenvalue weighted by molar-refractivity contribution is -0.179. The average molecular weight is 308 g/mol. The molecule has 1 rings (SSSR count). The Hall–Kier alpha value is -1.37. The highest BCUT2D eigenvalue weighted by Gasteiger charge is 2.42. The van der Waals surface area contributed by atoms with E-state index >= 15 is 0 Å². The third kappa shape index (κ3) is 5.32. The maximum atomic E-state index is 12.9. The highest BCUT2D eigenvalue weighted by atomic mass is 32.2. The molecule has 3 nitrogen and oxygen atoms in total. The minimum Gasteiger partial charge on any atom is -0.466 e. The number of carbonyl (C=O) groups is 1. The first kappa shape index (κ1) is 16.7. The number of halogens is 3. The topological polar surface area (TPSA) is 43.4 Å². The van der Waals surface area contributed by atoms with E-state index in [9.17, 15) is 22.2 Å². The molecule has 7 heteroatoms. The van der Waals surface area contributed by atoms with Crippen LogP contribution in [0.15, 0.2) is 35.2 Å². The zero-order valence-corrected chi connectivity index (χ0v) is 11.7. The van der Waals surface area contributed by atoms with Gasteiger partial charge in [-0.05, 0) is 19.1 Å². The molecule has 1 aromatic rings. The summed E-state index contributed by atoms with van der Waals surface area (Å²) in [5.41, 5.74) is 0. The van der Waals surface area contributed by atoms with Crippen LogP contribution >= 0.6 is 0 Å². The van der Waals surface area contributed by atoms with Gasteiger partial charge in [-0.1, -0.05) is 18.2 Å². The van der Waals surface area contributed by atoms with E-state index in [0.29, 0.717) is 4.90 Å². The molecule has 0 aliphatic carbocycles. The smallest absolute Gasteiger partial charge is 0.393 e. The predicted molar refractivity (Wildman–Crippen MR) is 68.5 cm³/mol. The lowest BCUT2D eigenvalue weighted by Gasteiger charge is -2.19. The lowest BCUT2D eigenvalue weighted by atomic mass is 10.1. The molecule has 20 heavy (non-hydrogen) atoms. The van der Waals surface area contributed by atoms with Crippen molar-refractivity contribution in [2.24, 2.45) is 5.92 Å². The zero-order valence-electron chi connectivity index (χ0n) is 10.9. The Balaban J connectivity index is 2.75. The molecule has 0 aliphatic heterocycles. The molecule has 0 heterocycles. The quantitative estimate of drug-likeness (QED) is 0.759. The van der Waals surface area contributed by atoms with E-state index < -0.39 is 41.0 Å². The van der Waals surface area contributed by atoms with Crippen molar-refractivity contribution in [2.45, 2.75) is 24.4 Å². The highest BCUT2D eigenvalue weighted by Crippen LogP contribution is 2.31. The van der Waals surface area contributed by atoms with Gasteiger partial charge in [0, 0.05) is 10.6 Å². The van der Waals surface area contributed by atoms with E-state index in [-0.39, 0.29) is 6.61 Å². The average Bonchev–Trinajstić information content (AvgIpc) is 2.38. The monoisotopic (exact) mass is 308 g/mol. The zero-order chi connectivity index (χ0) is 15.2. The number of esters is 1. The van der Waals surface area contributed by atoms with Gasteiger partial charge in [-0.25, -0.2) is 0 Å². The van der Waals surface area contributed by atoms with Crippen LogP contribution in [0.4, 0.5) is 13.2 Å². The van der Waals surface area contributed by atoms with Gasteiger partial charge in [0.2, 0.25) is 0 Å². The van der Waals surface area contributed by atoms with Gasteiger partial charge in [-0.2, -0.15) is 13.2 Å². The van der Waals surface area contributed by atoms with Crippen molar-refractivity contribution in [1.82, 2.24) is 0 Å². The SMILES string of the molecule is CCOC(=O)CC(CS(=O)c1ccccc1)C(F)(F)F. The molecule has 0 aliphatic rings. The minimum atomic E-state index is -4.59. The largest absolute Gasteiger partial charge is 0.466 e. The Morgan fingerprint density at radius 3 is 2.40 bits per heavy atom. The Morgan fingerprint density at radius 1 is 1.30 bits per heavy atom. The molecular weight excluding hydrogens is 293 g/mol. The first-order valence-corrected chi connectivity index (χ1v) is 7.32. The van der Waals surface area contributed by atoms with Crippen LogP contribution in [0.2, 0.25) is 0 Å². The van der Waals surface area contributed by atoms with Gasteiger partial charge in [0.1, 0.15) is 0 Å². The van der Waals surface area contributed by atoms with E-state index in [4.69, 9.17) is 0 Å². The van der Waals surface area contributed by atoms with Gasteiger partial charge in [0.05, 0.1) is 29.7 Å². The highest BCUT2D eigenvalue weighted by molar-refractivity contribution is 7.85. The van der Waals surface area contributed by atoms with Crippen molar-refractivity contribution in [3.05, 3.63) is 30.3 Å². The van der Waals surface area contributed by atoms with E-state index in [2.05, 4.69) is 4.74 Å². The van der Waals surface area contributed by atoms with Gasteiger partial charge >= 0.3 is 12.1 Å². The molecule has 0 saturated carbocycles. The van der Waals surface area contributed by atoms with Crippen LogP contribution in [-0.2, 0) is 20.3 Å². The fourth-order valence-corrected chi connectivity index (χ4v) is 2.87. The lowest BCUT2D eigenvalue weighted by Crippen LogP contribution is -2.31. The Bertz CT molecular complexity index is 460. The molecule has 0 radical (unpaired) electrons. The predicted octanol–water partition coefficient (Wildman–Crippen LogP) is 2.93. The number of alkyl halides is 3. The molecule has 0 spiro atoms. The van der Waals surface area contributed by atoms with Crippen LogP contribution in [0.25, 0.3) is 0 Å². The maximum Gasteiger partial charge on any atom is 0.393 e. The van der Waals surface area contributed by atoms with Gasteiger partial charge < -0.3 is 4.74 Å². The normalized spacial score (nSPS) is 14.6. The van der Waals surface area contributed by atoms with Crippen LogP contribution in [0.3, 0.4) is 0 Å². The molecule has 0 aromatic heterocycles. The fraction of sp³-hybridized carbons (Fsp3) is 0.462. The first-order chi connectivity index (χ1) is 9.34. The summed E-state index contributed by atoms with van der Waals surface area (Å²) in [6, 6.07) is 7.87. The summed E-state index contributed by atoms with van der Waals surface area (Å²) < 4.78 is 55.0. The second-order valence-electron chi connectivity index (χ2n) is 4.07. The van der Waals surface area contributed by atoms with Crippen LogP contribution < -0.4 is 0 Å².